The van der Waals surface area contributed by atoms with E-state index in [1.807, 2.05) is 0 Å². The minimum Gasteiger partial charge on any atom is -0.344 e. The van der Waals surface area contributed by atoms with E-state index >= 15 is 0 Å². The molecule has 0 aliphatic carbocycles. The van der Waals surface area contributed by atoms with Gasteiger partial charge in [-0.15, -0.1) is 0 Å². The van der Waals surface area contributed by atoms with Crippen LogP contribution >= 0.6 is 0 Å². The van der Waals surface area contributed by atoms with Crippen molar-refractivity contribution >= 4 is 65.4 Å². The van der Waals surface area contributed by atoms with Crippen molar-refractivity contribution in [3.05, 3.63) is 108 Å². The molecule has 178 valence electrons. The molecular formula is C34H27N3. The van der Waals surface area contributed by atoms with E-state index in [0.29, 0.717) is 0 Å². The zero-order chi connectivity index (χ0) is 24.8. The number of nitrogens with zero attached hydrogens (tertiary/aromatic N) is 3. The Morgan fingerprint density at radius 2 is 1.00 bits per heavy atom. The second kappa shape index (κ2) is 7.27. The van der Waals surface area contributed by atoms with E-state index in [1.54, 1.807) is 0 Å². The Hall–Kier alpha value is -4.50. The summed E-state index contributed by atoms with van der Waals surface area (Å²) in [6.07, 6.45) is 0.917. The van der Waals surface area contributed by atoms with E-state index in [-0.39, 0.29) is 0 Å². The van der Waals surface area contributed by atoms with Crippen LogP contribution in [0.15, 0.2) is 97.1 Å². The average molecular weight is 478 g/mol. The van der Waals surface area contributed by atoms with Gasteiger partial charge in [0.2, 0.25) is 0 Å². The van der Waals surface area contributed by atoms with E-state index in [1.165, 1.54) is 76.5 Å². The summed E-state index contributed by atoms with van der Waals surface area (Å²) in [5.74, 6) is 0. The molecule has 3 heterocycles. The molecule has 0 saturated carbocycles. The summed E-state index contributed by atoms with van der Waals surface area (Å²) in [7, 11) is 6.55. The zero-order valence-electron chi connectivity index (χ0n) is 21.3. The van der Waals surface area contributed by atoms with Gasteiger partial charge in [-0.2, -0.15) is 0 Å². The summed E-state index contributed by atoms with van der Waals surface area (Å²) in [5.41, 5.74) is 10.4. The third-order valence-corrected chi connectivity index (χ3v) is 8.49. The Labute approximate surface area is 214 Å². The van der Waals surface area contributed by atoms with Gasteiger partial charge < -0.3 is 13.7 Å². The van der Waals surface area contributed by atoms with Crippen LogP contribution in [0.25, 0.3) is 65.4 Å². The average Bonchev–Trinajstić information content (AvgIpc) is 3.50. The molecule has 3 aromatic heterocycles. The second-order valence-corrected chi connectivity index (χ2v) is 10.4. The van der Waals surface area contributed by atoms with Gasteiger partial charge in [0.1, 0.15) is 0 Å². The number of aryl methyl sites for hydroxylation is 3. The van der Waals surface area contributed by atoms with Crippen LogP contribution in [0.4, 0.5) is 0 Å². The first-order chi connectivity index (χ1) is 18.1. The molecule has 3 heteroatoms. The summed E-state index contributed by atoms with van der Waals surface area (Å²) in [4.78, 5) is 0. The molecule has 5 aromatic carbocycles. The van der Waals surface area contributed by atoms with Gasteiger partial charge in [0, 0.05) is 75.5 Å². The van der Waals surface area contributed by atoms with Gasteiger partial charge in [0.05, 0.1) is 11.0 Å². The van der Waals surface area contributed by atoms with Crippen LogP contribution < -0.4 is 0 Å². The first-order valence-electron chi connectivity index (χ1n) is 12.9. The van der Waals surface area contributed by atoms with Crippen LogP contribution in [-0.4, -0.2) is 13.7 Å². The van der Waals surface area contributed by atoms with Crippen LogP contribution in [0, 0.1) is 0 Å². The Balaban J connectivity index is 1.30. The summed E-state index contributed by atoms with van der Waals surface area (Å²) in [5, 5.41) is 7.97. The van der Waals surface area contributed by atoms with Crippen LogP contribution in [-0.2, 0) is 27.6 Å². The van der Waals surface area contributed by atoms with Crippen molar-refractivity contribution < 1.29 is 0 Å². The van der Waals surface area contributed by atoms with Gasteiger partial charge in [0.25, 0.3) is 0 Å². The summed E-state index contributed by atoms with van der Waals surface area (Å²) in [6, 6.07) is 36.0. The normalized spacial score (nSPS) is 12.3. The Kier molecular flexibility index (Phi) is 4.06. The second-order valence-electron chi connectivity index (χ2n) is 10.4. The van der Waals surface area contributed by atoms with E-state index < -0.39 is 0 Å². The van der Waals surface area contributed by atoms with Crippen molar-refractivity contribution in [3.63, 3.8) is 0 Å². The molecule has 8 rings (SSSR count). The maximum atomic E-state index is 2.39. The summed E-state index contributed by atoms with van der Waals surface area (Å²) in [6.45, 7) is 0. The first kappa shape index (κ1) is 20.7. The fraction of sp³-hybridized carbons (Fsp3) is 0.118. The number of aromatic nitrogens is 3. The van der Waals surface area contributed by atoms with Crippen LogP contribution in [0.2, 0.25) is 0 Å². The molecule has 8 aromatic rings. The Bertz CT molecular complexity index is 2200. The van der Waals surface area contributed by atoms with Gasteiger partial charge in [-0.05, 0) is 53.9 Å². The molecule has 0 amide bonds. The minimum absolute atomic E-state index is 0.917. The molecular weight excluding hydrogens is 450 g/mol. The standard InChI is InChI=1S/C34H27N3/c1-35-28-10-6-5-9-24(28)27-19-21(13-16-30(27)35)18-22-12-14-26-32(20-22)36(2)31-17-15-25-23-8-4-7-11-29(23)37(3)34(25)33(26)31/h4-17,19-20H,18H2,1-3H3. The third kappa shape index (κ3) is 2.71. The number of hydrogen-bond acceptors (Lipinski definition) is 0. The van der Waals surface area contributed by atoms with Crippen LogP contribution in [0.3, 0.4) is 0 Å². The van der Waals surface area contributed by atoms with E-state index in [9.17, 15) is 0 Å². The van der Waals surface area contributed by atoms with Crippen LogP contribution in [0.5, 0.6) is 0 Å². The predicted octanol–water partition coefficient (Wildman–Crippen LogP) is 8.21. The van der Waals surface area contributed by atoms with Crippen molar-refractivity contribution in [2.75, 3.05) is 0 Å². The monoisotopic (exact) mass is 477 g/mol. The minimum atomic E-state index is 0.917. The van der Waals surface area contributed by atoms with Gasteiger partial charge >= 0.3 is 0 Å². The number of fused-ring (bicyclic) bond motifs is 10. The molecule has 0 fully saturated rings. The van der Waals surface area contributed by atoms with E-state index in [4.69, 9.17) is 0 Å². The SMILES string of the molecule is Cn1c2ccccc2c2cc(Cc3ccc4c5c(ccc6c7ccccc7n(C)c65)n(C)c4c3)ccc21. The lowest BCUT2D eigenvalue weighted by Gasteiger charge is -2.05. The van der Waals surface area contributed by atoms with Crippen molar-refractivity contribution in [2.24, 2.45) is 21.1 Å². The lowest BCUT2D eigenvalue weighted by molar-refractivity contribution is 1.01. The zero-order valence-corrected chi connectivity index (χ0v) is 21.3. The molecule has 0 radical (unpaired) electrons. The highest BCUT2D eigenvalue weighted by Crippen LogP contribution is 2.39. The molecule has 3 nitrogen and oxygen atoms in total. The fourth-order valence-corrected chi connectivity index (χ4v) is 6.67. The van der Waals surface area contributed by atoms with Gasteiger partial charge in [0.15, 0.2) is 0 Å². The maximum absolute atomic E-state index is 2.39. The number of rotatable bonds is 2. The molecule has 37 heavy (non-hydrogen) atoms. The van der Waals surface area contributed by atoms with Gasteiger partial charge in [-0.25, -0.2) is 0 Å². The van der Waals surface area contributed by atoms with Gasteiger partial charge in [-0.1, -0.05) is 60.7 Å². The smallest absolute Gasteiger partial charge is 0.0590 e. The Morgan fingerprint density at radius 1 is 0.432 bits per heavy atom. The van der Waals surface area contributed by atoms with Gasteiger partial charge in [-0.3, -0.25) is 0 Å². The molecule has 0 saturated heterocycles. The molecule has 0 unspecified atom stereocenters. The topological polar surface area (TPSA) is 14.8 Å². The molecule has 0 bridgehead atoms. The largest absolute Gasteiger partial charge is 0.344 e. The lowest BCUT2D eigenvalue weighted by Crippen LogP contribution is -1.91. The number of para-hydroxylation sites is 2. The Morgan fingerprint density at radius 3 is 1.81 bits per heavy atom. The van der Waals surface area contributed by atoms with Crippen molar-refractivity contribution in [1.29, 1.82) is 0 Å². The van der Waals surface area contributed by atoms with Crippen LogP contribution in [0.1, 0.15) is 11.1 Å². The van der Waals surface area contributed by atoms with Crippen molar-refractivity contribution in [3.8, 4) is 0 Å². The highest BCUT2D eigenvalue weighted by atomic mass is 15.0. The van der Waals surface area contributed by atoms with E-state index in [0.717, 1.165) is 6.42 Å². The lowest BCUT2D eigenvalue weighted by atomic mass is 10.0. The van der Waals surface area contributed by atoms with E-state index in [2.05, 4.69) is 132 Å². The molecule has 0 aliphatic rings. The third-order valence-electron chi connectivity index (χ3n) is 8.49. The predicted molar refractivity (Wildman–Crippen MR) is 158 cm³/mol. The highest BCUT2D eigenvalue weighted by molar-refractivity contribution is 6.25. The molecule has 0 aliphatic heterocycles. The quantitative estimate of drug-likeness (QED) is 0.238. The first-order valence-corrected chi connectivity index (χ1v) is 12.9. The number of benzene rings is 5. The maximum Gasteiger partial charge on any atom is 0.0590 e. The summed E-state index contributed by atoms with van der Waals surface area (Å²) >= 11 is 0. The van der Waals surface area contributed by atoms with Crippen molar-refractivity contribution in [1.82, 2.24) is 13.7 Å². The molecule has 0 N–H and O–H groups in total. The molecule has 0 atom stereocenters. The summed E-state index contributed by atoms with van der Waals surface area (Å²) < 4.78 is 7.02. The number of hydrogen-bond donors (Lipinski definition) is 0. The highest BCUT2D eigenvalue weighted by Gasteiger charge is 2.17. The molecule has 0 spiro atoms. The fourth-order valence-electron chi connectivity index (χ4n) is 6.67. The van der Waals surface area contributed by atoms with Crippen molar-refractivity contribution in [2.45, 2.75) is 6.42 Å².